The zero-order chi connectivity index (χ0) is 15.4. The van der Waals surface area contributed by atoms with Gasteiger partial charge in [-0.3, -0.25) is 4.79 Å². The lowest BCUT2D eigenvalue weighted by Gasteiger charge is -2.14. The van der Waals surface area contributed by atoms with Gasteiger partial charge in [0.15, 0.2) is 12.4 Å². The van der Waals surface area contributed by atoms with Crippen molar-refractivity contribution in [1.29, 1.82) is 0 Å². The first-order valence-electron chi connectivity index (χ1n) is 6.68. The molecule has 2 rings (SSSR count). The molecule has 0 radical (unpaired) electrons. The Bertz CT molecular complexity index is 651. The van der Waals surface area contributed by atoms with Crippen LogP contribution in [0.25, 0.3) is 0 Å². The number of rotatable bonds is 5. The lowest BCUT2D eigenvalue weighted by atomic mass is 10.0. The van der Waals surface area contributed by atoms with Gasteiger partial charge in [-0.15, -0.1) is 0 Å². The molecule has 0 saturated carbocycles. The first kappa shape index (κ1) is 16.2. The van der Waals surface area contributed by atoms with Crippen molar-refractivity contribution in [3.8, 4) is 5.75 Å². The fourth-order valence-electron chi connectivity index (χ4n) is 1.99. The smallest absolute Gasteiger partial charge is 0.200 e. The van der Waals surface area contributed by atoms with Crippen molar-refractivity contribution in [2.45, 2.75) is 19.8 Å². The average Bonchev–Trinajstić information content (AvgIpc) is 2.45. The molecule has 21 heavy (non-hydrogen) atoms. The predicted molar refractivity (Wildman–Crippen MR) is 92.2 cm³/mol. The molecule has 0 unspecified atom stereocenters. The SMILES string of the molecule is CC(C)c1cc(Br)ccc1OCC(=O)c1cccc(Br)c1. The van der Waals surface area contributed by atoms with E-state index in [1.807, 2.05) is 30.3 Å². The topological polar surface area (TPSA) is 26.3 Å². The van der Waals surface area contributed by atoms with E-state index in [9.17, 15) is 4.79 Å². The van der Waals surface area contributed by atoms with Gasteiger partial charge in [0.1, 0.15) is 5.75 Å². The second-order valence-corrected chi connectivity index (χ2v) is 6.89. The van der Waals surface area contributed by atoms with E-state index in [-0.39, 0.29) is 12.4 Å². The summed E-state index contributed by atoms with van der Waals surface area (Å²) in [5.74, 6) is 1.06. The van der Waals surface area contributed by atoms with Gasteiger partial charge in [0.05, 0.1) is 0 Å². The second kappa shape index (κ2) is 7.23. The van der Waals surface area contributed by atoms with Gasteiger partial charge in [-0.2, -0.15) is 0 Å². The maximum atomic E-state index is 12.2. The Balaban J connectivity index is 2.11. The van der Waals surface area contributed by atoms with Crippen LogP contribution in [0.2, 0.25) is 0 Å². The Hall–Kier alpha value is -1.13. The molecule has 110 valence electrons. The zero-order valence-electron chi connectivity index (χ0n) is 11.9. The van der Waals surface area contributed by atoms with Crippen molar-refractivity contribution < 1.29 is 9.53 Å². The molecule has 0 spiro atoms. The van der Waals surface area contributed by atoms with Gasteiger partial charge in [-0.05, 0) is 41.8 Å². The van der Waals surface area contributed by atoms with Crippen LogP contribution >= 0.6 is 31.9 Å². The molecule has 0 aliphatic heterocycles. The number of ether oxygens (including phenoxy) is 1. The normalized spacial score (nSPS) is 10.7. The maximum Gasteiger partial charge on any atom is 0.200 e. The number of halogens is 2. The fourth-order valence-corrected chi connectivity index (χ4v) is 2.77. The van der Waals surface area contributed by atoms with Crippen molar-refractivity contribution >= 4 is 37.6 Å². The maximum absolute atomic E-state index is 12.2. The molecule has 0 fully saturated rings. The minimum Gasteiger partial charge on any atom is -0.485 e. The average molecular weight is 412 g/mol. The van der Waals surface area contributed by atoms with E-state index >= 15 is 0 Å². The van der Waals surface area contributed by atoms with E-state index in [1.54, 1.807) is 12.1 Å². The summed E-state index contributed by atoms with van der Waals surface area (Å²) in [5, 5.41) is 0. The standard InChI is InChI=1S/C17H16Br2O2/c1-11(2)15-9-14(19)6-7-17(15)21-10-16(20)12-4-3-5-13(18)8-12/h3-9,11H,10H2,1-2H3. The first-order chi connectivity index (χ1) is 9.97. The van der Waals surface area contributed by atoms with Gasteiger partial charge in [0.25, 0.3) is 0 Å². The molecule has 0 aromatic heterocycles. The number of hydrogen-bond donors (Lipinski definition) is 0. The van der Waals surface area contributed by atoms with Crippen LogP contribution in [0.3, 0.4) is 0 Å². The monoisotopic (exact) mass is 410 g/mol. The third kappa shape index (κ3) is 4.42. The summed E-state index contributed by atoms with van der Waals surface area (Å²) in [6, 6.07) is 13.2. The highest BCUT2D eigenvalue weighted by Gasteiger charge is 2.12. The van der Waals surface area contributed by atoms with E-state index in [4.69, 9.17) is 4.74 Å². The molecule has 0 bridgehead atoms. The second-order valence-electron chi connectivity index (χ2n) is 5.06. The quantitative estimate of drug-likeness (QED) is 0.598. The third-order valence-corrected chi connectivity index (χ3v) is 4.09. The van der Waals surface area contributed by atoms with Crippen LogP contribution in [0.15, 0.2) is 51.4 Å². The summed E-state index contributed by atoms with van der Waals surface area (Å²) < 4.78 is 7.62. The largest absolute Gasteiger partial charge is 0.485 e. The van der Waals surface area contributed by atoms with Crippen molar-refractivity contribution in [2.24, 2.45) is 0 Å². The molecule has 2 nitrogen and oxygen atoms in total. The minimum absolute atomic E-state index is 0.0334. The Labute approximate surface area is 141 Å². The summed E-state index contributed by atoms with van der Waals surface area (Å²) in [7, 11) is 0. The Morgan fingerprint density at radius 3 is 2.48 bits per heavy atom. The molecule has 0 heterocycles. The lowest BCUT2D eigenvalue weighted by molar-refractivity contribution is 0.0920. The van der Waals surface area contributed by atoms with Gasteiger partial charge in [0, 0.05) is 14.5 Å². The van der Waals surface area contributed by atoms with Crippen LogP contribution in [0.5, 0.6) is 5.75 Å². The summed E-state index contributed by atoms with van der Waals surface area (Å²) in [6.45, 7) is 4.24. The van der Waals surface area contributed by atoms with Crippen molar-refractivity contribution in [3.63, 3.8) is 0 Å². The highest BCUT2D eigenvalue weighted by atomic mass is 79.9. The van der Waals surface area contributed by atoms with E-state index in [0.29, 0.717) is 11.5 Å². The van der Waals surface area contributed by atoms with Crippen molar-refractivity contribution in [2.75, 3.05) is 6.61 Å². The van der Waals surface area contributed by atoms with Crippen LogP contribution in [0.4, 0.5) is 0 Å². The molecule has 2 aromatic carbocycles. The van der Waals surface area contributed by atoms with E-state index in [0.717, 1.165) is 20.3 Å². The highest BCUT2D eigenvalue weighted by Crippen LogP contribution is 2.29. The van der Waals surface area contributed by atoms with Gasteiger partial charge in [-0.25, -0.2) is 0 Å². The summed E-state index contributed by atoms with van der Waals surface area (Å²) >= 11 is 6.83. The molecular formula is C17H16Br2O2. The summed E-state index contributed by atoms with van der Waals surface area (Å²) in [6.07, 6.45) is 0. The van der Waals surface area contributed by atoms with E-state index in [2.05, 4.69) is 45.7 Å². The Kier molecular flexibility index (Phi) is 5.59. The molecule has 0 aliphatic rings. The molecule has 0 amide bonds. The Morgan fingerprint density at radius 1 is 1.10 bits per heavy atom. The van der Waals surface area contributed by atoms with Gasteiger partial charge < -0.3 is 4.74 Å². The number of ketones is 1. The molecule has 4 heteroatoms. The van der Waals surface area contributed by atoms with Gasteiger partial charge >= 0.3 is 0 Å². The number of benzene rings is 2. The van der Waals surface area contributed by atoms with Crippen molar-refractivity contribution in [1.82, 2.24) is 0 Å². The number of hydrogen-bond acceptors (Lipinski definition) is 2. The first-order valence-corrected chi connectivity index (χ1v) is 8.27. The minimum atomic E-state index is -0.0334. The van der Waals surface area contributed by atoms with Crippen molar-refractivity contribution in [3.05, 3.63) is 62.5 Å². The summed E-state index contributed by atoms with van der Waals surface area (Å²) in [5.41, 5.74) is 1.74. The van der Waals surface area contributed by atoms with Crippen LogP contribution in [-0.4, -0.2) is 12.4 Å². The molecule has 0 atom stereocenters. The Morgan fingerprint density at radius 2 is 1.81 bits per heavy atom. The predicted octanol–water partition coefficient (Wildman–Crippen LogP) is 5.60. The lowest BCUT2D eigenvalue weighted by Crippen LogP contribution is -2.12. The van der Waals surface area contributed by atoms with Crippen LogP contribution in [-0.2, 0) is 0 Å². The zero-order valence-corrected chi connectivity index (χ0v) is 15.1. The fraction of sp³-hybridized carbons (Fsp3) is 0.235. The van der Waals surface area contributed by atoms with Crippen LogP contribution < -0.4 is 4.74 Å². The third-order valence-electron chi connectivity index (χ3n) is 3.10. The number of carbonyl (C=O) groups is 1. The molecular weight excluding hydrogens is 396 g/mol. The summed E-state index contributed by atoms with van der Waals surface area (Å²) in [4.78, 5) is 12.2. The highest BCUT2D eigenvalue weighted by molar-refractivity contribution is 9.10. The molecule has 0 aliphatic carbocycles. The van der Waals surface area contributed by atoms with Gasteiger partial charge in [0.2, 0.25) is 0 Å². The van der Waals surface area contributed by atoms with Gasteiger partial charge in [-0.1, -0.05) is 57.8 Å². The molecule has 0 N–H and O–H groups in total. The number of carbonyl (C=O) groups excluding carboxylic acids is 1. The van der Waals surface area contributed by atoms with E-state index in [1.165, 1.54) is 0 Å². The molecule has 0 saturated heterocycles. The molecule has 2 aromatic rings. The van der Waals surface area contributed by atoms with Crippen LogP contribution in [0.1, 0.15) is 35.7 Å². The number of Topliss-reactive ketones (excluding diaryl/α,β-unsaturated/α-hetero) is 1. The van der Waals surface area contributed by atoms with Crippen LogP contribution in [0, 0.1) is 0 Å². The van der Waals surface area contributed by atoms with E-state index < -0.39 is 0 Å².